The third-order valence-corrected chi connectivity index (χ3v) is 3.06. The molecule has 0 radical (unpaired) electrons. The Morgan fingerprint density at radius 3 is 2.89 bits per heavy atom. The highest BCUT2D eigenvalue weighted by molar-refractivity contribution is 5.92. The lowest BCUT2D eigenvalue weighted by Crippen LogP contribution is -2.36. The molecule has 0 unspecified atom stereocenters. The van der Waals surface area contributed by atoms with Crippen molar-refractivity contribution in [3.63, 3.8) is 0 Å². The second kappa shape index (κ2) is 5.99. The van der Waals surface area contributed by atoms with E-state index in [0.29, 0.717) is 18.3 Å². The van der Waals surface area contributed by atoms with E-state index in [1.807, 2.05) is 4.90 Å². The molecule has 5 nitrogen and oxygen atoms in total. The van der Waals surface area contributed by atoms with Crippen LogP contribution < -0.4 is 11.1 Å². The molecule has 1 aromatic rings. The number of nitrogens with two attached hydrogens (primary N) is 1. The van der Waals surface area contributed by atoms with Gasteiger partial charge in [-0.05, 0) is 31.0 Å². The van der Waals surface area contributed by atoms with Crippen LogP contribution in [0.1, 0.15) is 12.8 Å². The zero-order valence-electron chi connectivity index (χ0n) is 10.6. The second-order valence-corrected chi connectivity index (χ2v) is 4.71. The highest BCUT2D eigenvalue weighted by Gasteiger charge is 2.29. The Labute approximate surface area is 111 Å². The summed E-state index contributed by atoms with van der Waals surface area (Å²) in [4.78, 5) is 13.8. The first kappa shape index (κ1) is 13.8. The fourth-order valence-corrected chi connectivity index (χ4v) is 1.97. The molecule has 0 heterocycles. The molecule has 0 spiro atoms. The fraction of sp³-hybridized carbons (Fsp3) is 0.462. The molecule has 0 atom stereocenters. The molecule has 6 heteroatoms. The minimum absolute atomic E-state index is 0.0103. The molecular formula is C13H18FN3O2. The van der Waals surface area contributed by atoms with Crippen molar-refractivity contribution in [1.82, 2.24) is 4.90 Å². The minimum Gasteiger partial charge on any atom is -0.399 e. The lowest BCUT2D eigenvalue weighted by molar-refractivity contribution is -0.117. The van der Waals surface area contributed by atoms with E-state index >= 15 is 0 Å². The third kappa shape index (κ3) is 3.90. The Morgan fingerprint density at radius 2 is 2.26 bits per heavy atom. The first-order valence-corrected chi connectivity index (χ1v) is 6.30. The maximum absolute atomic E-state index is 13.5. The normalized spacial score (nSPS) is 14.7. The van der Waals surface area contributed by atoms with Gasteiger partial charge in [-0.25, -0.2) is 4.39 Å². The predicted octanol–water partition coefficient (Wildman–Crippen LogP) is 0.803. The maximum atomic E-state index is 13.5. The monoisotopic (exact) mass is 267 g/mol. The summed E-state index contributed by atoms with van der Waals surface area (Å²) in [6, 6.07) is 4.41. The van der Waals surface area contributed by atoms with Crippen molar-refractivity contribution in [3.8, 4) is 0 Å². The summed E-state index contributed by atoms with van der Waals surface area (Å²) in [5, 5.41) is 11.5. The Balaban J connectivity index is 1.94. The number of rotatable bonds is 6. The highest BCUT2D eigenvalue weighted by atomic mass is 19.1. The topological polar surface area (TPSA) is 78.6 Å². The molecule has 1 saturated carbocycles. The predicted molar refractivity (Wildman–Crippen MR) is 71.1 cm³/mol. The molecule has 1 aromatic carbocycles. The van der Waals surface area contributed by atoms with E-state index in [0.717, 1.165) is 12.8 Å². The number of nitrogen functional groups attached to an aromatic ring is 1. The summed E-state index contributed by atoms with van der Waals surface area (Å²) in [5.41, 5.74) is 6.03. The summed E-state index contributed by atoms with van der Waals surface area (Å²) in [6.45, 7) is 0.618. The van der Waals surface area contributed by atoms with Crippen LogP contribution in [0.15, 0.2) is 18.2 Å². The van der Waals surface area contributed by atoms with Crippen LogP contribution in [0.4, 0.5) is 15.8 Å². The first-order chi connectivity index (χ1) is 9.10. The van der Waals surface area contributed by atoms with Crippen LogP contribution in [0.5, 0.6) is 0 Å². The van der Waals surface area contributed by atoms with Crippen molar-refractivity contribution in [2.45, 2.75) is 18.9 Å². The van der Waals surface area contributed by atoms with Crippen LogP contribution in [-0.4, -0.2) is 41.7 Å². The van der Waals surface area contributed by atoms with Crippen LogP contribution >= 0.6 is 0 Å². The Hall–Kier alpha value is -1.66. The Kier molecular flexibility index (Phi) is 4.34. The average molecular weight is 267 g/mol. The first-order valence-electron chi connectivity index (χ1n) is 6.30. The van der Waals surface area contributed by atoms with Crippen molar-refractivity contribution < 1.29 is 14.3 Å². The zero-order valence-corrected chi connectivity index (χ0v) is 10.6. The number of halogens is 1. The number of hydrogen-bond donors (Lipinski definition) is 3. The summed E-state index contributed by atoms with van der Waals surface area (Å²) in [6.07, 6.45) is 2.08. The van der Waals surface area contributed by atoms with E-state index in [2.05, 4.69) is 5.32 Å². The SMILES string of the molecule is Nc1ccc(F)c(NC(=O)CN(CCO)C2CC2)c1. The van der Waals surface area contributed by atoms with Gasteiger partial charge >= 0.3 is 0 Å². The van der Waals surface area contributed by atoms with Gasteiger partial charge in [0, 0.05) is 18.3 Å². The van der Waals surface area contributed by atoms with Gasteiger partial charge in [-0.1, -0.05) is 0 Å². The van der Waals surface area contributed by atoms with Gasteiger partial charge in [0.2, 0.25) is 5.91 Å². The van der Waals surface area contributed by atoms with Crippen LogP contribution in [-0.2, 0) is 4.79 Å². The van der Waals surface area contributed by atoms with Crippen LogP contribution in [0.2, 0.25) is 0 Å². The van der Waals surface area contributed by atoms with E-state index in [9.17, 15) is 9.18 Å². The number of hydrogen-bond acceptors (Lipinski definition) is 4. The number of nitrogens with zero attached hydrogens (tertiary/aromatic N) is 1. The summed E-state index contributed by atoms with van der Waals surface area (Å²) in [5.74, 6) is -0.812. The summed E-state index contributed by atoms with van der Waals surface area (Å²) in [7, 11) is 0. The molecule has 104 valence electrons. The summed E-state index contributed by atoms with van der Waals surface area (Å²) >= 11 is 0. The number of carbonyl (C=O) groups excluding carboxylic acids is 1. The number of amides is 1. The second-order valence-electron chi connectivity index (χ2n) is 4.71. The molecule has 0 bridgehead atoms. The number of aliphatic hydroxyl groups excluding tert-OH is 1. The van der Waals surface area contributed by atoms with Crippen LogP contribution in [0.3, 0.4) is 0 Å². The van der Waals surface area contributed by atoms with Gasteiger partial charge in [0.25, 0.3) is 0 Å². The van der Waals surface area contributed by atoms with Crippen molar-refractivity contribution in [2.24, 2.45) is 0 Å². The maximum Gasteiger partial charge on any atom is 0.238 e. The number of benzene rings is 1. The van der Waals surface area contributed by atoms with Crippen molar-refractivity contribution >= 4 is 17.3 Å². The van der Waals surface area contributed by atoms with Gasteiger partial charge in [-0.15, -0.1) is 0 Å². The molecule has 19 heavy (non-hydrogen) atoms. The number of aliphatic hydroxyl groups is 1. The lowest BCUT2D eigenvalue weighted by Gasteiger charge is -2.20. The van der Waals surface area contributed by atoms with Gasteiger partial charge in [0.1, 0.15) is 5.82 Å². The van der Waals surface area contributed by atoms with Gasteiger partial charge in [0.05, 0.1) is 18.8 Å². The number of anilines is 2. The molecule has 1 fully saturated rings. The molecule has 4 N–H and O–H groups in total. The minimum atomic E-state index is -0.511. The van der Waals surface area contributed by atoms with Crippen molar-refractivity contribution in [2.75, 3.05) is 30.7 Å². The smallest absolute Gasteiger partial charge is 0.238 e. The van der Waals surface area contributed by atoms with Crippen LogP contribution in [0.25, 0.3) is 0 Å². The molecule has 1 aliphatic rings. The van der Waals surface area contributed by atoms with E-state index in [1.54, 1.807) is 0 Å². The standard InChI is InChI=1S/C13H18FN3O2/c14-11-4-1-9(15)7-12(11)16-13(19)8-17(5-6-18)10-2-3-10/h1,4,7,10,18H,2-3,5-6,8,15H2,(H,16,19). The van der Waals surface area contributed by atoms with Gasteiger partial charge in [-0.3, -0.25) is 9.69 Å². The molecule has 2 rings (SSSR count). The van der Waals surface area contributed by atoms with Gasteiger partial charge in [-0.2, -0.15) is 0 Å². The van der Waals surface area contributed by atoms with Crippen LogP contribution in [0, 0.1) is 5.82 Å². The van der Waals surface area contributed by atoms with E-state index in [4.69, 9.17) is 10.8 Å². The van der Waals surface area contributed by atoms with E-state index in [-0.39, 0.29) is 24.7 Å². The molecular weight excluding hydrogens is 249 g/mol. The third-order valence-electron chi connectivity index (χ3n) is 3.06. The molecule has 1 aliphatic carbocycles. The molecule has 0 aliphatic heterocycles. The Morgan fingerprint density at radius 1 is 1.53 bits per heavy atom. The average Bonchev–Trinajstić information content (AvgIpc) is 3.17. The fourth-order valence-electron chi connectivity index (χ4n) is 1.97. The molecule has 0 aromatic heterocycles. The number of carbonyl (C=O) groups is 1. The molecule has 1 amide bonds. The highest BCUT2D eigenvalue weighted by Crippen LogP contribution is 2.26. The van der Waals surface area contributed by atoms with E-state index in [1.165, 1.54) is 18.2 Å². The summed E-state index contributed by atoms with van der Waals surface area (Å²) < 4.78 is 13.5. The van der Waals surface area contributed by atoms with Crippen molar-refractivity contribution in [1.29, 1.82) is 0 Å². The zero-order chi connectivity index (χ0) is 13.8. The number of nitrogens with one attached hydrogen (secondary N) is 1. The largest absolute Gasteiger partial charge is 0.399 e. The van der Waals surface area contributed by atoms with E-state index < -0.39 is 5.82 Å². The molecule has 0 saturated heterocycles. The Bertz CT molecular complexity index is 463. The van der Waals surface area contributed by atoms with Crippen molar-refractivity contribution in [3.05, 3.63) is 24.0 Å². The lowest BCUT2D eigenvalue weighted by atomic mass is 10.2. The van der Waals surface area contributed by atoms with Gasteiger partial charge in [0.15, 0.2) is 0 Å². The quantitative estimate of drug-likeness (QED) is 0.666. The van der Waals surface area contributed by atoms with Gasteiger partial charge < -0.3 is 16.2 Å².